The molecule has 1 amide bonds. The maximum absolute atomic E-state index is 10.6. The van der Waals surface area contributed by atoms with Crippen LogP contribution in [0.3, 0.4) is 0 Å². The minimum atomic E-state index is -0.102. The Hall–Kier alpha value is -1.06. The van der Waals surface area contributed by atoms with Gasteiger partial charge >= 0.3 is 0 Å². The zero-order valence-electron chi connectivity index (χ0n) is 10.8. The van der Waals surface area contributed by atoms with Crippen LogP contribution in [0, 0.1) is 5.92 Å². The van der Waals surface area contributed by atoms with Crippen LogP contribution in [0.5, 0.6) is 0 Å². The third-order valence-corrected chi connectivity index (χ3v) is 4.83. The monoisotopic (exact) mass is 295 g/mol. The van der Waals surface area contributed by atoms with Crippen molar-refractivity contribution in [3.05, 3.63) is 34.7 Å². The van der Waals surface area contributed by atoms with Crippen molar-refractivity contribution in [1.82, 2.24) is 0 Å². The molecule has 2 nitrogen and oxygen atoms in total. The van der Waals surface area contributed by atoms with E-state index < -0.39 is 0 Å². The van der Waals surface area contributed by atoms with Gasteiger partial charge in [-0.05, 0) is 35.7 Å². The lowest BCUT2D eigenvalue weighted by atomic mass is 9.89. The van der Waals surface area contributed by atoms with Crippen molar-refractivity contribution >= 4 is 38.9 Å². The number of fused-ring (bicyclic) bond motifs is 1. The first-order valence-corrected chi connectivity index (χ1v) is 7.85. The van der Waals surface area contributed by atoms with Gasteiger partial charge in [-0.2, -0.15) is 0 Å². The number of rotatable bonds is 1. The van der Waals surface area contributed by atoms with Crippen molar-refractivity contribution in [2.75, 3.05) is 0 Å². The van der Waals surface area contributed by atoms with E-state index >= 15 is 0 Å². The third kappa shape index (κ3) is 3.95. The summed E-state index contributed by atoms with van der Waals surface area (Å²) in [5, 5.41) is 4.14. The second kappa shape index (κ2) is 6.92. The number of halogens is 1. The Labute approximate surface area is 122 Å². The van der Waals surface area contributed by atoms with Gasteiger partial charge in [0.25, 0.3) is 0 Å². The maximum atomic E-state index is 10.6. The SMILES string of the molecule is Clc1cccc2ccsc12.NC(=O)C1CCCCC1. The van der Waals surface area contributed by atoms with Gasteiger partial charge < -0.3 is 5.73 Å². The number of hydrogen-bond acceptors (Lipinski definition) is 2. The van der Waals surface area contributed by atoms with Gasteiger partial charge in [0.05, 0.1) is 9.72 Å². The van der Waals surface area contributed by atoms with E-state index in [1.807, 2.05) is 12.1 Å². The predicted molar refractivity (Wildman–Crippen MR) is 82.6 cm³/mol. The van der Waals surface area contributed by atoms with E-state index in [1.165, 1.54) is 29.3 Å². The molecule has 102 valence electrons. The molecule has 0 atom stereocenters. The van der Waals surface area contributed by atoms with E-state index in [0.717, 1.165) is 17.9 Å². The number of amides is 1. The molecule has 2 N–H and O–H groups in total. The molecule has 0 saturated heterocycles. The second-order valence-electron chi connectivity index (χ2n) is 4.82. The van der Waals surface area contributed by atoms with E-state index in [9.17, 15) is 4.79 Å². The zero-order valence-corrected chi connectivity index (χ0v) is 12.3. The van der Waals surface area contributed by atoms with Crippen LogP contribution >= 0.6 is 22.9 Å². The summed E-state index contributed by atoms with van der Waals surface area (Å²) in [7, 11) is 0. The van der Waals surface area contributed by atoms with Gasteiger partial charge in [0.15, 0.2) is 0 Å². The van der Waals surface area contributed by atoms with Crippen molar-refractivity contribution in [2.24, 2.45) is 11.7 Å². The summed E-state index contributed by atoms with van der Waals surface area (Å²) in [5.41, 5.74) is 5.13. The van der Waals surface area contributed by atoms with Crippen molar-refractivity contribution in [3.8, 4) is 0 Å². The highest BCUT2D eigenvalue weighted by molar-refractivity contribution is 7.17. The summed E-state index contributed by atoms with van der Waals surface area (Å²) in [5.74, 6) is 0.0912. The molecule has 1 heterocycles. The predicted octanol–water partition coefficient (Wildman–Crippen LogP) is 4.61. The van der Waals surface area contributed by atoms with Gasteiger partial charge in [0.1, 0.15) is 0 Å². The highest BCUT2D eigenvalue weighted by Gasteiger charge is 2.17. The van der Waals surface area contributed by atoms with Crippen LogP contribution in [0.1, 0.15) is 32.1 Å². The zero-order chi connectivity index (χ0) is 13.7. The number of benzene rings is 1. The molecule has 3 rings (SSSR count). The Bertz CT molecular complexity index is 546. The molecule has 1 aromatic carbocycles. The molecule has 1 fully saturated rings. The number of primary amides is 1. The van der Waals surface area contributed by atoms with Gasteiger partial charge in [-0.1, -0.05) is 43.0 Å². The van der Waals surface area contributed by atoms with Crippen LogP contribution in [0.15, 0.2) is 29.6 Å². The minimum absolute atomic E-state index is 0.102. The largest absolute Gasteiger partial charge is 0.369 e. The molecule has 0 radical (unpaired) electrons. The van der Waals surface area contributed by atoms with Crippen molar-refractivity contribution < 1.29 is 4.79 Å². The van der Waals surface area contributed by atoms with Gasteiger partial charge in [-0.15, -0.1) is 11.3 Å². The molecule has 1 saturated carbocycles. The van der Waals surface area contributed by atoms with Gasteiger partial charge in [0.2, 0.25) is 5.91 Å². The lowest BCUT2D eigenvalue weighted by Crippen LogP contribution is -2.24. The van der Waals surface area contributed by atoms with Gasteiger partial charge in [-0.25, -0.2) is 0 Å². The van der Waals surface area contributed by atoms with Gasteiger partial charge in [0, 0.05) is 5.92 Å². The van der Waals surface area contributed by atoms with Crippen LogP contribution in [-0.4, -0.2) is 5.91 Å². The fraction of sp³-hybridized carbons (Fsp3) is 0.400. The molecular formula is C15H18ClNOS. The Morgan fingerprint density at radius 1 is 1.21 bits per heavy atom. The Kier molecular flexibility index (Phi) is 5.23. The number of nitrogens with two attached hydrogens (primary N) is 1. The molecule has 0 bridgehead atoms. The molecule has 1 aromatic heterocycles. The first-order chi connectivity index (χ1) is 9.18. The van der Waals surface area contributed by atoms with Crippen molar-refractivity contribution in [3.63, 3.8) is 0 Å². The first-order valence-electron chi connectivity index (χ1n) is 6.59. The molecule has 0 unspecified atom stereocenters. The van der Waals surface area contributed by atoms with Crippen LogP contribution in [0.25, 0.3) is 10.1 Å². The molecule has 19 heavy (non-hydrogen) atoms. The minimum Gasteiger partial charge on any atom is -0.369 e. The van der Waals surface area contributed by atoms with Gasteiger partial charge in [-0.3, -0.25) is 4.79 Å². The first kappa shape index (κ1) is 14.4. The standard InChI is InChI=1S/C8H5ClS.C7H13NO/c9-7-3-1-2-6-4-5-10-8(6)7;8-7(9)6-4-2-1-3-5-6/h1-5H;6H,1-5H2,(H2,8,9). The molecule has 0 spiro atoms. The van der Waals surface area contributed by atoms with E-state index in [1.54, 1.807) is 11.3 Å². The molecule has 4 heteroatoms. The summed E-state index contributed by atoms with van der Waals surface area (Å²) in [6.45, 7) is 0. The Morgan fingerprint density at radius 2 is 1.95 bits per heavy atom. The lowest BCUT2D eigenvalue weighted by molar-refractivity contribution is -0.122. The highest BCUT2D eigenvalue weighted by atomic mass is 35.5. The highest BCUT2D eigenvalue weighted by Crippen LogP contribution is 2.27. The fourth-order valence-corrected chi connectivity index (χ4v) is 3.46. The third-order valence-electron chi connectivity index (χ3n) is 3.44. The molecule has 1 aliphatic carbocycles. The number of thiophene rings is 1. The van der Waals surface area contributed by atoms with Crippen LogP contribution in [0.4, 0.5) is 0 Å². The lowest BCUT2D eigenvalue weighted by Gasteiger charge is -2.17. The van der Waals surface area contributed by atoms with Crippen molar-refractivity contribution in [2.45, 2.75) is 32.1 Å². The Morgan fingerprint density at radius 3 is 2.53 bits per heavy atom. The van der Waals surface area contributed by atoms with Crippen LogP contribution < -0.4 is 5.73 Å². The quantitative estimate of drug-likeness (QED) is 0.820. The van der Waals surface area contributed by atoms with Crippen molar-refractivity contribution in [1.29, 1.82) is 0 Å². The van der Waals surface area contributed by atoms with E-state index in [-0.39, 0.29) is 11.8 Å². The average Bonchev–Trinajstić information content (AvgIpc) is 2.90. The molecule has 0 aliphatic heterocycles. The molecular weight excluding hydrogens is 278 g/mol. The normalized spacial score (nSPS) is 15.8. The summed E-state index contributed by atoms with van der Waals surface area (Å²) in [6, 6.07) is 8.03. The van der Waals surface area contributed by atoms with E-state index in [2.05, 4.69) is 17.5 Å². The summed E-state index contributed by atoms with van der Waals surface area (Å²) in [6.07, 6.45) is 5.70. The summed E-state index contributed by atoms with van der Waals surface area (Å²) >= 11 is 7.59. The second-order valence-corrected chi connectivity index (χ2v) is 6.14. The maximum Gasteiger partial charge on any atom is 0.220 e. The topological polar surface area (TPSA) is 43.1 Å². The van der Waals surface area contributed by atoms with E-state index in [4.69, 9.17) is 17.3 Å². The van der Waals surface area contributed by atoms with Crippen LogP contribution in [0.2, 0.25) is 5.02 Å². The molecule has 1 aliphatic rings. The number of carbonyl (C=O) groups excluding carboxylic acids is 1. The average molecular weight is 296 g/mol. The summed E-state index contributed by atoms with van der Waals surface area (Å²) < 4.78 is 1.18. The number of hydrogen-bond donors (Lipinski definition) is 1. The molecule has 2 aromatic rings. The smallest absolute Gasteiger partial charge is 0.220 e. The van der Waals surface area contributed by atoms with Crippen LogP contribution in [-0.2, 0) is 4.79 Å². The van der Waals surface area contributed by atoms with E-state index in [0.29, 0.717) is 0 Å². The number of carbonyl (C=O) groups is 1. The summed E-state index contributed by atoms with van der Waals surface area (Å²) in [4.78, 5) is 10.6. The fourth-order valence-electron chi connectivity index (χ4n) is 2.34. The Balaban J connectivity index is 0.000000141.